The molecule has 238 valence electrons. The first-order valence-electron chi connectivity index (χ1n) is 15.6. The molecule has 11 nitrogen and oxygen atoms in total. The maximum atomic E-state index is 13.0. The van der Waals surface area contributed by atoms with Crippen LogP contribution in [0.1, 0.15) is 83.6 Å². The first-order chi connectivity index (χ1) is 20.9. The van der Waals surface area contributed by atoms with E-state index in [1.54, 1.807) is 0 Å². The van der Waals surface area contributed by atoms with Gasteiger partial charge in [-0.05, 0) is 85.8 Å². The number of nitrogens with zero attached hydrogens (tertiary/aromatic N) is 1. The van der Waals surface area contributed by atoms with Gasteiger partial charge in [0.1, 0.15) is 12.1 Å². The van der Waals surface area contributed by atoms with Crippen LogP contribution in [0.5, 0.6) is 5.75 Å². The van der Waals surface area contributed by atoms with Crippen LogP contribution in [-0.2, 0) is 35.1 Å². The molecule has 0 heterocycles. The number of hydrogen-bond acceptors (Lipinski definition) is 9. The van der Waals surface area contributed by atoms with Gasteiger partial charge >= 0.3 is 17.6 Å². The molecule has 4 aliphatic carbocycles. The molecule has 4 aliphatic rings. The summed E-state index contributed by atoms with van der Waals surface area (Å²) >= 11 is 0. The van der Waals surface area contributed by atoms with Crippen molar-refractivity contribution in [2.45, 2.75) is 96.6 Å². The highest BCUT2D eigenvalue weighted by atomic mass is 16.6. The number of rotatable bonds is 9. The number of carbonyl (C=O) groups is 4. The number of methoxy groups -OCH3 is 1. The molecule has 0 saturated heterocycles. The zero-order valence-corrected chi connectivity index (χ0v) is 25.6. The first kappa shape index (κ1) is 31.7. The standard InChI is InChI=1S/C33H42N2O9/c1-32-14-12-21(36)18-20(32)5-6-22-23-7-9-28(33(23,2)15-13-24(22)32)44-30(39)11-10-29(38)34-25(31(40)43-3)16-19-4-8-27(37)26(17-19)35(41)42/h4,8,17-18,22-25,28,37H,5-7,9-16H2,1-3H3,(H,34,38)/t22-,23-,24-,25+,28-,32+,33+/m1/s1. The van der Waals surface area contributed by atoms with Crippen molar-refractivity contribution >= 4 is 29.3 Å². The van der Waals surface area contributed by atoms with E-state index in [-0.39, 0.29) is 42.0 Å². The number of phenols is 1. The van der Waals surface area contributed by atoms with Gasteiger partial charge in [-0.1, -0.05) is 25.5 Å². The molecular weight excluding hydrogens is 568 g/mol. The van der Waals surface area contributed by atoms with Crippen LogP contribution < -0.4 is 5.32 Å². The molecule has 0 unspecified atom stereocenters. The molecule has 11 heteroatoms. The quantitative estimate of drug-likeness (QED) is 0.229. The fraction of sp³-hybridized carbons (Fsp3) is 0.636. The number of nitro benzene ring substituents is 1. The Morgan fingerprint density at radius 2 is 1.86 bits per heavy atom. The summed E-state index contributed by atoms with van der Waals surface area (Å²) in [4.78, 5) is 60.6. The molecule has 3 saturated carbocycles. The van der Waals surface area contributed by atoms with Gasteiger partial charge < -0.3 is 19.9 Å². The Morgan fingerprint density at radius 3 is 2.59 bits per heavy atom. The predicted molar refractivity (Wildman–Crippen MR) is 158 cm³/mol. The van der Waals surface area contributed by atoms with Crippen LogP contribution >= 0.6 is 0 Å². The smallest absolute Gasteiger partial charge is 0.328 e. The lowest BCUT2D eigenvalue weighted by molar-refractivity contribution is -0.385. The number of ether oxygens (including phenoxy) is 2. The van der Waals surface area contributed by atoms with Gasteiger partial charge in [-0.3, -0.25) is 24.5 Å². The summed E-state index contributed by atoms with van der Waals surface area (Å²) in [7, 11) is 1.17. The zero-order valence-electron chi connectivity index (χ0n) is 25.6. The minimum atomic E-state index is -1.13. The Labute approximate surface area is 256 Å². The van der Waals surface area contributed by atoms with Crippen molar-refractivity contribution in [1.82, 2.24) is 5.32 Å². The van der Waals surface area contributed by atoms with Gasteiger partial charge in [-0.25, -0.2) is 4.79 Å². The second-order valence-corrected chi connectivity index (χ2v) is 13.5. The largest absolute Gasteiger partial charge is 0.502 e. The summed E-state index contributed by atoms with van der Waals surface area (Å²) in [5.74, 6) is -0.455. The zero-order chi connectivity index (χ0) is 31.8. The van der Waals surface area contributed by atoms with Gasteiger partial charge in [0, 0.05) is 30.7 Å². The van der Waals surface area contributed by atoms with Crippen LogP contribution in [0.3, 0.4) is 0 Å². The molecule has 1 aromatic carbocycles. The topological polar surface area (TPSA) is 162 Å². The van der Waals surface area contributed by atoms with Gasteiger partial charge in [-0.2, -0.15) is 0 Å². The summed E-state index contributed by atoms with van der Waals surface area (Å²) in [6, 6.07) is 2.58. The van der Waals surface area contributed by atoms with Crippen LogP contribution in [0, 0.1) is 38.7 Å². The average molecular weight is 611 g/mol. The number of esters is 2. The van der Waals surface area contributed by atoms with Crippen molar-refractivity contribution in [3.8, 4) is 5.75 Å². The lowest BCUT2D eigenvalue weighted by Gasteiger charge is -2.57. The number of aromatic hydroxyl groups is 1. The summed E-state index contributed by atoms with van der Waals surface area (Å²) in [6.07, 6.45) is 8.66. The van der Waals surface area contributed by atoms with E-state index in [9.17, 15) is 34.4 Å². The number of carbonyl (C=O) groups excluding carboxylic acids is 4. The molecule has 0 radical (unpaired) electrons. The van der Waals surface area contributed by atoms with E-state index in [1.807, 2.05) is 6.08 Å². The summed E-state index contributed by atoms with van der Waals surface area (Å²) < 4.78 is 10.8. The number of allylic oxidation sites excluding steroid dienone is 1. The lowest BCUT2D eigenvalue weighted by atomic mass is 9.47. The number of nitrogens with one attached hydrogen (secondary N) is 1. The van der Waals surface area contributed by atoms with Crippen molar-refractivity contribution in [3.05, 3.63) is 45.5 Å². The maximum absolute atomic E-state index is 13.0. The van der Waals surface area contributed by atoms with Gasteiger partial charge in [0.25, 0.3) is 0 Å². The molecular formula is C33H42N2O9. The van der Waals surface area contributed by atoms with E-state index < -0.39 is 40.2 Å². The van der Waals surface area contributed by atoms with E-state index >= 15 is 0 Å². The monoisotopic (exact) mass is 610 g/mol. The number of ketones is 1. The predicted octanol–water partition coefficient (Wildman–Crippen LogP) is 4.72. The third-order valence-corrected chi connectivity index (χ3v) is 11.2. The molecule has 7 atom stereocenters. The van der Waals surface area contributed by atoms with E-state index in [0.29, 0.717) is 29.7 Å². The van der Waals surface area contributed by atoms with Crippen LogP contribution in [0.15, 0.2) is 29.8 Å². The highest BCUT2D eigenvalue weighted by Gasteiger charge is 2.60. The molecule has 0 spiro atoms. The molecule has 2 N–H and O–H groups in total. The SMILES string of the molecule is COC(=O)[C@H](Cc1ccc(O)c([N+](=O)[O-])c1)NC(=O)CCC(=O)O[C@@H]1CC[C@@H]2[C@H]3CCC4=CC(=O)CC[C@]4(C)[C@@H]3CC[C@@]21C. The van der Waals surface area contributed by atoms with Crippen molar-refractivity contribution in [1.29, 1.82) is 0 Å². The van der Waals surface area contributed by atoms with E-state index in [2.05, 4.69) is 19.2 Å². The normalized spacial score (nSPS) is 31.4. The number of nitro groups is 1. The third-order valence-electron chi connectivity index (χ3n) is 11.2. The molecule has 5 rings (SSSR count). The van der Waals surface area contributed by atoms with Gasteiger partial charge in [0.2, 0.25) is 5.91 Å². The number of hydrogen-bond donors (Lipinski definition) is 2. The maximum Gasteiger partial charge on any atom is 0.328 e. The Kier molecular flexibility index (Phi) is 8.87. The van der Waals surface area contributed by atoms with Crippen LogP contribution in [0.4, 0.5) is 5.69 Å². The number of benzene rings is 1. The highest BCUT2D eigenvalue weighted by Crippen LogP contribution is 2.65. The van der Waals surface area contributed by atoms with Gasteiger partial charge in [0.05, 0.1) is 18.5 Å². The second kappa shape index (κ2) is 12.3. The van der Waals surface area contributed by atoms with Crippen LogP contribution in [0.25, 0.3) is 0 Å². The van der Waals surface area contributed by atoms with Crippen molar-refractivity contribution in [3.63, 3.8) is 0 Å². The van der Waals surface area contributed by atoms with Crippen LogP contribution in [-0.4, -0.2) is 52.9 Å². The van der Waals surface area contributed by atoms with Crippen molar-refractivity contribution < 1.29 is 38.7 Å². The number of amides is 1. The van der Waals surface area contributed by atoms with E-state index in [1.165, 1.54) is 18.7 Å². The van der Waals surface area contributed by atoms with E-state index in [0.717, 1.165) is 57.1 Å². The molecule has 0 aromatic heterocycles. The lowest BCUT2D eigenvalue weighted by Crippen LogP contribution is -2.51. The molecule has 0 bridgehead atoms. The Bertz CT molecular complexity index is 1390. The summed E-state index contributed by atoms with van der Waals surface area (Å²) in [5, 5.41) is 23.4. The summed E-state index contributed by atoms with van der Waals surface area (Å²) in [5.41, 5.74) is 1.13. The first-order valence-corrected chi connectivity index (χ1v) is 15.6. The second-order valence-electron chi connectivity index (χ2n) is 13.5. The average Bonchev–Trinajstić information content (AvgIpc) is 3.32. The van der Waals surface area contributed by atoms with E-state index in [4.69, 9.17) is 9.47 Å². The van der Waals surface area contributed by atoms with Crippen molar-refractivity contribution in [2.24, 2.45) is 28.6 Å². The highest BCUT2D eigenvalue weighted by molar-refractivity contribution is 5.91. The minimum Gasteiger partial charge on any atom is -0.502 e. The Balaban J connectivity index is 1.16. The molecule has 0 aliphatic heterocycles. The fourth-order valence-corrected chi connectivity index (χ4v) is 8.82. The molecule has 1 amide bonds. The number of phenolic OH excluding ortho intramolecular Hbond substituents is 1. The molecule has 3 fully saturated rings. The molecule has 1 aromatic rings. The Morgan fingerprint density at radius 1 is 1.09 bits per heavy atom. The molecule has 44 heavy (non-hydrogen) atoms. The third kappa shape index (κ3) is 5.97. The number of fused-ring (bicyclic) bond motifs is 5. The van der Waals surface area contributed by atoms with Crippen molar-refractivity contribution in [2.75, 3.05) is 7.11 Å². The Hall–Kier alpha value is -3.76. The van der Waals surface area contributed by atoms with Crippen LogP contribution in [0.2, 0.25) is 0 Å². The van der Waals surface area contributed by atoms with Gasteiger partial charge in [-0.15, -0.1) is 0 Å². The summed E-state index contributed by atoms with van der Waals surface area (Å²) in [6.45, 7) is 4.60. The fourth-order valence-electron chi connectivity index (χ4n) is 8.82. The van der Waals surface area contributed by atoms with Gasteiger partial charge in [0.15, 0.2) is 11.5 Å². The minimum absolute atomic E-state index is 0.0827.